The maximum atomic E-state index is 10.00. The minimum Gasteiger partial charge on any atom is -0.508 e. The van der Waals surface area contributed by atoms with E-state index in [0.29, 0.717) is 23.8 Å². The Hall–Kier alpha value is -1.48. The van der Waals surface area contributed by atoms with Crippen LogP contribution in [0.1, 0.15) is 63.2 Å². The highest BCUT2D eigenvalue weighted by atomic mass is 16.3. The summed E-state index contributed by atoms with van der Waals surface area (Å²) < 4.78 is 6.45. The molecule has 6 rings (SSSR count). The van der Waals surface area contributed by atoms with Gasteiger partial charge in [0.25, 0.3) is 0 Å². The van der Waals surface area contributed by atoms with Crippen molar-refractivity contribution in [1.29, 1.82) is 0 Å². The molecule has 134 valence electrons. The van der Waals surface area contributed by atoms with Crippen molar-refractivity contribution in [3.8, 4) is 5.75 Å². The van der Waals surface area contributed by atoms with Crippen LogP contribution in [-0.2, 0) is 6.42 Å². The minimum atomic E-state index is 0.349. The van der Waals surface area contributed by atoms with E-state index in [1.54, 1.807) is 6.07 Å². The van der Waals surface area contributed by atoms with Crippen LogP contribution in [0, 0.1) is 11.8 Å². The highest BCUT2D eigenvalue weighted by Crippen LogP contribution is 2.53. The zero-order valence-corrected chi connectivity index (χ0v) is 15.4. The predicted octanol–water partition coefficient (Wildman–Crippen LogP) is 5.07. The maximum Gasteiger partial charge on any atom is 0.134 e. The monoisotopic (exact) mass is 339 g/mol. The number of rotatable bonds is 3. The number of piperidine rings is 2. The van der Waals surface area contributed by atoms with Crippen LogP contribution in [0.2, 0.25) is 0 Å². The molecule has 25 heavy (non-hydrogen) atoms. The molecule has 2 saturated heterocycles. The first-order valence-electron chi connectivity index (χ1n) is 10.2. The molecular formula is C22H29NO2. The van der Waals surface area contributed by atoms with Crippen LogP contribution >= 0.6 is 0 Å². The van der Waals surface area contributed by atoms with E-state index < -0.39 is 0 Å². The number of fused-ring (bicyclic) bond motifs is 4. The van der Waals surface area contributed by atoms with Crippen molar-refractivity contribution in [2.24, 2.45) is 11.8 Å². The van der Waals surface area contributed by atoms with Gasteiger partial charge in [-0.1, -0.05) is 20.3 Å². The van der Waals surface area contributed by atoms with Crippen molar-refractivity contribution in [2.45, 2.75) is 70.4 Å². The average molecular weight is 339 g/mol. The molecule has 3 aliphatic heterocycles. The number of aromatic hydroxyl groups is 1. The van der Waals surface area contributed by atoms with Crippen LogP contribution in [0.3, 0.4) is 0 Å². The lowest BCUT2D eigenvalue weighted by atomic mass is 9.65. The standard InChI is InChI=1S/C22H29NO2/c1-3-5-14-8-13-9-19-21(14)23(12-13)15(4-2)10-18-17-11-16(24)6-7-20(17)25-22(18)19/h6-7,11,13-15,19,21,24H,3-5,8-10,12H2,1-2H3. The number of furan rings is 1. The van der Waals surface area contributed by atoms with Crippen molar-refractivity contribution in [2.75, 3.05) is 6.54 Å². The fourth-order valence-corrected chi connectivity index (χ4v) is 6.27. The summed E-state index contributed by atoms with van der Waals surface area (Å²) in [5.41, 5.74) is 2.34. The van der Waals surface area contributed by atoms with Gasteiger partial charge in [0.1, 0.15) is 17.1 Å². The van der Waals surface area contributed by atoms with E-state index in [0.717, 1.165) is 29.2 Å². The summed E-state index contributed by atoms with van der Waals surface area (Å²) in [5.74, 6) is 3.79. The van der Waals surface area contributed by atoms with Crippen LogP contribution < -0.4 is 0 Å². The topological polar surface area (TPSA) is 36.6 Å². The fourth-order valence-electron chi connectivity index (χ4n) is 6.27. The number of hydrogen-bond acceptors (Lipinski definition) is 3. The zero-order chi connectivity index (χ0) is 17.1. The molecule has 0 amide bonds. The normalized spacial score (nSPS) is 36.4. The Kier molecular flexibility index (Phi) is 3.63. The highest BCUT2D eigenvalue weighted by Gasteiger charge is 2.51. The largest absolute Gasteiger partial charge is 0.508 e. The zero-order valence-electron chi connectivity index (χ0n) is 15.4. The van der Waals surface area contributed by atoms with Crippen molar-refractivity contribution < 1.29 is 9.52 Å². The maximum absolute atomic E-state index is 10.00. The molecule has 1 aromatic carbocycles. The van der Waals surface area contributed by atoms with Gasteiger partial charge in [0.05, 0.1) is 0 Å². The molecule has 3 nitrogen and oxygen atoms in total. The number of benzene rings is 1. The van der Waals surface area contributed by atoms with Gasteiger partial charge in [-0.3, -0.25) is 4.90 Å². The van der Waals surface area contributed by atoms with E-state index in [9.17, 15) is 5.11 Å². The van der Waals surface area contributed by atoms with Gasteiger partial charge in [-0.25, -0.2) is 0 Å². The Balaban J connectivity index is 1.68. The Morgan fingerprint density at radius 1 is 1.24 bits per heavy atom. The molecule has 6 unspecified atom stereocenters. The quantitative estimate of drug-likeness (QED) is 0.848. The van der Waals surface area contributed by atoms with Gasteiger partial charge in [0.2, 0.25) is 0 Å². The molecule has 4 aliphatic rings. The molecule has 0 radical (unpaired) electrons. The molecular weight excluding hydrogens is 310 g/mol. The number of phenolic OH excluding ortho intramolecular Hbond substituents is 1. The van der Waals surface area contributed by atoms with Gasteiger partial charge in [0, 0.05) is 35.5 Å². The molecule has 0 spiro atoms. The first-order valence-corrected chi connectivity index (χ1v) is 10.2. The van der Waals surface area contributed by atoms with Crippen molar-refractivity contribution in [3.63, 3.8) is 0 Å². The van der Waals surface area contributed by atoms with Gasteiger partial charge >= 0.3 is 0 Å². The molecule has 1 N–H and O–H groups in total. The minimum absolute atomic E-state index is 0.349. The summed E-state index contributed by atoms with van der Waals surface area (Å²) in [6.07, 6.45) is 7.60. The molecule has 4 bridgehead atoms. The van der Waals surface area contributed by atoms with Gasteiger partial charge in [-0.05, 0) is 62.1 Å². The second-order valence-corrected chi connectivity index (χ2v) is 8.57. The molecule has 6 atom stereocenters. The van der Waals surface area contributed by atoms with Gasteiger partial charge in [-0.15, -0.1) is 0 Å². The third-order valence-electron chi connectivity index (χ3n) is 7.15. The fraction of sp³-hybridized carbons (Fsp3) is 0.636. The smallest absolute Gasteiger partial charge is 0.134 e. The summed E-state index contributed by atoms with van der Waals surface area (Å²) in [6, 6.07) is 6.88. The molecule has 1 saturated carbocycles. The lowest BCUT2D eigenvalue weighted by molar-refractivity contribution is -0.0448. The van der Waals surface area contributed by atoms with Crippen molar-refractivity contribution in [3.05, 3.63) is 29.5 Å². The van der Waals surface area contributed by atoms with E-state index in [1.807, 2.05) is 12.1 Å². The van der Waals surface area contributed by atoms with E-state index >= 15 is 0 Å². The van der Waals surface area contributed by atoms with Crippen LogP contribution in [-0.4, -0.2) is 28.6 Å². The molecule has 3 fully saturated rings. The van der Waals surface area contributed by atoms with Crippen LogP contribution in [0.15, 0.2) is 22.6 Å². The predicted molar refractivity (Wildman–Crippen MR) is 100 cm³/mol. The third-order valence-corrected chi connectivity index (χ3v) is 7.15. The van der Waals surface area contributed by atoms with Gasteiger partial charge in [-0.2, -0.15) is 0 Å². The third kappa shape index (κ3) is 2.28. The van der Waals surface area contributed by atoms with Gasteiger partial charge < -0.3 is 9.52 Å². The second kappa shape index (κ2) is 5.77. The first-order chi connectivity index (χ1) is 12.2. The van der Waals surface area contributed by atoms with E-state index in [1.165, 1.54) is 50.0 Å². The molecule has 3 heteroatoms. The highest BCUT2D eigenvalue weighted by molar-refractivity contribution is 5.84. The van der Waals surface area contributed by atoms with Crippen molar-refractivity contribution in [1.82, 2.24) is 4.90 Å². The second-order valence-electron chi connectivity index (χ2n) is 8.57. The SMILES string of the molecule is CCCC1CC2CC3c4oc5ccc(O)cc5c4CC(CC)N(C2)C13. The summed E-state index contributed by atoms with van der Waals surface area (Å²) in [6.45, 7) is 5.95. The molecule has 1 aliphatic carbocycles. The number of nitrogens with zero attached hydrogens (tertiary/aromatic N) is 1. The van der Waals surface area contributed by atoms with E-state index in [2.05, 4.69) is 18.7 Å². The van der Waals surface area contributed by atoms with Crippen LogP contribution in [0.5, 0.6) is 5.75 Å². The molecule has 1 aromatic heterocycles. The van der Waals surface area contributed by atoms with Gasteiger partial charge in [0.15, 0.2) is 0 Å². The number of phenols is 1. The molecule has 2 aromatic rings. The van der Waals surface area contributed by atoms with Crippen molar-refractivity contribution >= 4 is 11.0 Å². The first kappa shape index (κ1) is 15.7. The Bertz CT molecular complexity index is 795. The Labute approximate surface area is 150 Å². The summed E-state index contributed by atoms with van der Waals surface area (Å²) >= 11 is 0. The summed E-state index contributed by atoms with van der Waals surface area (Å²) in [4.78, 5) is 2.85. The molecule has 4 heterocycles. The lowest BCUT2D eigenvalue weighted by Gasteiger charge is -2.55. The van der Waals surface area contributed by atoms with E-state index in [-0.39, 0.29) is 0 Å². The summed E-state index contributed by atoms with van der Waals surface area (Å²) in [7, 11) is 0. The Morgan fingerprint density at radius 3 is 2.92 bits per heavy atom. The number of hydrogen-bond donors (Lipinski definition) is 1. The van der Waals surface area contributed by atoms with Crippen LogP contribution in [0.4, 0.5) is 0 Å². The summed E-state index contributed by atoms with van der Waals surface area (Å²) in [5, 5.41) is 11.1. The van der Waals surface area contributed by atoms with Crippen LogP contribution in [0.25, 0.3) is 11.0 Å². The van der Waals surface area contributed by atoms with E-state index in [4.69, 9.17) is 4.42 Å². The Morgan fingerprint density at radius 2 is 2.12 bits per heavy atom. The lowest BCUT2D eigenvalue weighted by Crippen LogP contribution is -2.59. The average Bonchev–Trinajstić information content (AvgIpc) is 2.93.